The molecule has 3 aromatic rings. The third-order valence-electron chi connectivity index (χ3n) is 5.02. The maximum absolute atomic E-state index is 5.34. The van der Waals surface area contributed by atoms with Gasteiger partial charge in [-0.25, -0.2) is 4.98 Å². The number of nitrogens with zero attached hydrogens (tertiary/aromatic N) is 4. The average Bonchev–Trinajstić information content (AvgIpc) is 3.37. The molecule has 7 nitrogen and oxygen atoms in total. The number of nitrogens with one attached hydrogen (secondary N) is 2. The van der Waals surface area contributed by atoms with Crippen LogP contribution in [0, 0.1) is 0 Å². The smallest absolute Gasteiger partial charge is 0.191 e. The SMILES string of the molecule is CN=C(NCc1cn2ccccc2n1)NC1CCN(c2cccc(OC)c2)C1. The summed E-state index contributed by atoms with van der Waals surface area (Å²) in [5.74, 6) is 1.69. The molecular weight excluding hydrogens is 352 g/mol. The van der Waals surface area contributed by atoms with Crippen LogP contribution in [-0.4, -0.2) is 48.6 Å². The van der Waals surface area contributed by atoms with Gasteiger partial charge in [-0.1, -0.05) is 12.1 Å². The van der Waals surface area contributed by atoms with Gasteiger partial charge < -0.3 is 24.7 Å². The Morgan fingerprint density at radius 2 is 2.21 bits per heavy atom. The number of pyridine rings is 1. The molecule has 146 valence electrons. The van der Waals surface area contributed by atoms with Crippen LogP contribution in [-0.2, 0) is 6.54 Å². The van der Waals surface area contributed by atoms with E-state index in [2.05, 4.69) is 37.6 Å². The third kappa shape index (κ3) is 4.03. The minimum atomic E-state index is 0.346. The normalized spacial score (nSPS) is 17.1. The zero-order valence-corrected chi connectivity index (χ0v) is 16.3. The maximum atomic E-state index is 5.34. The van der Waals surface area contributed by atoms with Crippen LogP contribution >= 0.6 is 0 Å². The monoisotopic (exact) mass is 378 g/mol. The van der Waals surface area contributed by atoms with Crippen LogP contribution in [0.15, 0.2) is 59.9 Å². The fourth-order valence-corrected chi connectivity index (χ4v) is 3.55. The van der Waals surface area contributed by atoms with Crippen LogP contribution in [0.1, 0.15) is 12.1 Å². The van der Waals surface area contributed by atoms with Gasteiger partial charge in [-0.15, -0.1) is 0 Å². The van der Waals surface area contributed by atoms with Gasteiger partial charge in [0.1, 0.15) is 11.4 Å². The Hall–Kier alpha value is -3.22. The first kappa shape index (κ1) is 18.2. The summed E-state index contributed by atoms with van der Waals surface area (Å²) < 4.78 is 7.36. The topological polar surface area (TPSA) is 66.2 Å². The number of fused-ring (bicyclic) bond motifs is 1. The molecule has 0 radical (unpaired) electrons. The van der Waals surface area contributed by atoms with E-state index in [9.17, 15) is 0 Å². The van der Waals surface area contributed by atoms with Crippen molar-refractivity contribution in [2.75, 3.05) is 32.1 Å². The van der Waals surface area contributed by atoms with E-state index < -0.39 is 0 Å². The highest BCUT2D eigenvalue weighted by Crippen LogP contribution is 2.24. The van der Waals surface area contributed by atoms with Gasteiger partial charge in [0.25, 0.3) is 0 Å². The van der Waals surface area contributed by atoms with E-state index in [1.165, 1.54) is 5.69 Å². The molecule has 0 amide bonds. The Labute approximate surface area is 165 Å². The largest absolute Gasteiger partial charge is 0.497 e. The van der Waals surface area contributed by atoms with Crippen molar-refractivity contribution in [2.45, 2.75) is 19.0 Å². The lowest BCUT2D eigenvalue weighted by Crippen LogP contribution is -2.44. The van der Waals surface area contributed by atoms with Gasteiger partial charge in [0.15, 0.2) is 5.96 Å². The highest BCUT2D eigenvalue weighted by Gasteiger charge is 2.23. The Morgan fingerprint density at radius 1 is 1.29 bits per heavy atom. The van der Waals surface area contributed by atoms with Gasteiger partial charge in [-0.2, -0.15) is 0 Å². The molecule has 1 aromatic carbocycles. The lowest BCUT2D eigenvalue weighted by atomic mass is 10.2. The number of methoxy groups -OCH3 is 1. The number of imidazole rings is 1. The van der Waals surface area contributed by atoms with Crippen molar-refractivity contribution in [3.8, 4) is 5.75 Å². The number of anilines is 1. The van der Waals surface area contributed by atoms with Crippen molar-refractivity contribution in [3.05, 3.63) is 60.6 Å². The van der Waals surface area contributed by atoms with E-state index in [0.29, 0.717) is 12.6 Å². The first-order chi connectivity index (χ1) is 13.7. The Morgan fingerprint density at radius 3 is 3.04 bits per heavy atom. The van der Waals surface area contributed by atoms with Gasteiger partial charge in [-0.05, 0) is 30.7 Å². The number of ether oxygens (including phenoxy) is 1. The number of hydrogen-bond acceptors (Lipinski definition) is 4. The highest BCUT2D eigenvalue weighted by atomic mass is 16.5. The van der Waals surface area contributed by atoms with Gasteiger partial charge in [0, 0.05) is 50.3 Å². The minimum Gasteiger partial charge on any atom is -0.497 e. The van der Waals surface area contributed by atoms with Crippen LogP contribution in [0.4, 0.5) is 5.69 Å². The van der Waals surface area contributed by atoms with Gasteiger partial charge in [-0.3, -0.25) is 4.99 Å². The summed E-state index contributed by atoms with van der Waals surface area (Å²) in [6.45, 7) is 2.57. The number of benzene rings is 1. The fourth-order valence-electron chi connectivity index (χ4n) is 3.55. The second-order valence-corrected chi connectivity index (χ2v) is 6.90. The van der Waals surface area contributed by atoms with Crippen molar-refractivity contribution >= 4 is 17.3 Å². The third-order valence-corrected chi connectivity index (χ3v) is 5.02. The predicted octanol–water partition coefficient (Wildman–Crippen LogP) is 2.29. The number of hydrogen-bond donors (Lipinski definition) is 2. The number of aliphatic imine (C=N–C) groups is 1. The molecule has 1 unspecified atom stereocenters. The van der Waals surface area contributed by atoms with E-state index >= 15 is 0 Å². The Balaban J connectivity index is 1.32. The number of guanidine groups is 1. The van der Waals surface area contributed by atoms with Crippen LogP contribution in [0.3, 0.4) is 0 Å². The molecule has 0 saturated carbocycles. The number of rotatable bonds is 5. The molecule has 1 aliphatic heterocycles. The van der Waals surface area contributed by atoms with Crippen molar-refractivity contribution < 1.29 is 4.74 Å². The molecule has 0 spiro atoms. The second-order valence-electron chi connectivity index (χ2n) is 6.90. The van der Waals surface area contributed by atoms with Crippen LogP contribution in [0.5, 0.6) is 5.75 Å². The molecule has 2 N–H and O–H groups in total. The van der Waals surface area contributed by atoms with Crippen molar-refractivity contribution in [3.63, 3.8) is 0 Å². The Bertz CT molecular complexity index is 933. The molecule has 1 aliphatic rings. The average molecular weight is 378 g/mol. The van der Waals surface area contributed by atoms with E-state index in [1.54, 1.807) is 14.2 Å². The summed E-state index contributed by atoms with van der Waals surface area (Å²) in [7, 11) is 3.50. The van der Waals surface area contributed by atoms with E-state index in [-0.39, 0.29) is 0 Å². The zero-order chi connectivity index (χ0) is 19.3. The maximum Gasteiger partial charge on any atom is 0.191 e. The molecule has 1 fully saturated rings. The van der Waals surface area contributed by atoms with E-state index in [1.807, 2.05) is 47.1 Å². The van der Waals surface area contributed by atoms with Crippen molar-refractivity contribution in [2.24, 2.45) is 4.99 Å². The zero-order valence-electron chi connectivity index (χ0n) is 16.3. The predicted molar refractivity (Wildman–Crippen MR) is 112 cm³/mol. The molecule has 0 aliphatic carbocycles. The van der Waals surface area contributed by atoms with Gasteiger partial charge in [0.05, 0.1) is 19.3 Å². The number of aromatic nitrogens is 2. The summed E-state index contributed by atoms with van der Waals surface area (Å²) in [6.07, 6.45) is 5.10. The second kappa shape index (κ2) is 8.21. The van der Waals surface area contributed by atoms with Crippen LogP contribution in [0.2, 0.25) is 0 Å². The summed E-state index contributed by atoms with van der Waals surface area (Å²) >= 11 is 0. The lowest BCUT2D eigenvalue weighted by Gasteiger charge is -2.20. The fraction of sp³-hybridized carbons (Fsp3) is 0.333. The van der Waals surface area contributed by atoms with E-state index in [4.69, 9.17) is 4.74 Å². The molecule has 4 rings (SSSR count). The van der Waals surface area contributed by atoms with Gasteiger partial charge in [0.2, 0.25) is 0 Å². The first-order valence-electron chi connectivity index (χ1n) is 9.54. The summed E-state index contributed by atoms with van der Waals surface area (Å²) in [5, 5.41) is 6.90. The van der Waals surface area contributed by atoms with Crippen molar-refractivity contribution in [1.82, 2.24) is 20.0 Å². The van der Waals surface area contributed by atoms with Crippen LogP contribution in [0.25, 0.3) is 5.65 Å². The Kier molecular flexibility index (Phi) is 5.32. The highest BCUT2D eigenvalue weighted by molar-refractivity contribution is 5.80. The molecule has 1 saturated heterocycles. The summed E-state index contributed by atoms with van der Waals surface area (Å²) in [4.78, 5) is 11.4. The summed E-state index contributed by atoms with van der Waals surface area (Å²) in [5.41, 5.74) is 3.13. The quantitative estimate of drug-likeness (QED) is 0.527. The molecule has 28 heavy (non-hydrogen) atoms. The van der Waals surface area contributed by atoms with Crippen LogP contribution < -0.4 is 20.3 Å². The molecule has 1 atom stereocenters. The minimum absolute atomic E-state index is 0.346. The standard InChI is InChI=1S/C21H26N6O/c1-22-21(23-13-17-15-27-10-4-3-8-20(27)24-17)25-16-9-11-26(14-16)18-6-5-7-19(12-18)28-2/h3-8,10,12,15-16H,9,11,13-14H2,1-2H3,(H2,22,23,25). The molecule has 7 heteroatoms. The summed E-state index contributed by atoms with van der Waals surface area (Å²) in [6, 6.07) is 14.6. The van der Waals surface area contributed by atoms with Gasteiger partial charge >= 0.3 is 0 Å². The van der Waals surface area contributed by atoms with Crippen molar-refractivity contribution in [1.29, 1.82) is 0 Å². The molecular formula is C21H26N6O. The van der Waals surface area contributed by atoms with E-state index in [0.717, 1.165) is 42.6 Å². The molecule has 3 heterocycles. The molecule has 2 aromatic heterocycles. The lowest BCUT2D eigenvalue weighted by molar-refractivity contribution is 0.415. The first-order valence-corrected chi connectivity index (χ1v) is 9.54. The molecule has 0 bridgehead atoms.